The van der Waals surface area contributed by atoms with Gasteiger partial charge in [0.15, 0.2) is 0 Å². The van der Waals surface area contributed by atoms with Crippen molar-refractivity contribution in [2.45, 2.75) is 52.9 Å². The Kier molecular flexibility index (Phi) is 4.87. The summed E-state index contributed by atoms with van der Waals surface area (Å²) < 4.78 is 7.06. The Labute approximate surface area is 119 Å². The van der Waals surface area contributed by atoms with Crippen molar-refractivity contribution < 1.29 is 4.74 Å². The van der Waals surface area contributed by atoms with Crippen LogP contribution in [-0.4, -0.2) is 7.11 Å². The maximum Gasteiger partial charge on any atom is 0.126 e. The molecular weight excluding hydrogens is 323 g/mol. The van der Waals surface area contributed by atoms with Crippen LogP contribution in [0.3, 0.4) is 0 Å². The van der Waals surface area contributed by atoms with Gasteiger partial charge in [-0.2, -0.15) is 0 Å². The molecule has 0 radical (unpaired) electrons. The molecule has 1 aromatic rings. The highest BCUT2D eigenvalue weighted by Crippen LogP contribution is 2.38. The number of halogens is 1. The van der Waals surface area contributed by atoms with E-state index in [4.69, 9.17) is 4.74 Å². The summed E-state index contributed by atoms with van der Waals surface area (Å²) in [7, 11) is 1.79. The molecule has 0 N–H and O–H groups in total. The average Bonchev–Trinajstić information content (AvgIpc) is 2.26. The standard InChI is InChI=1S/C15H23IO/c1-7-10-11(8-2)14(17-6)12(9-13(10)16)15(3,4)5/h9H,7-8H2,1-6H3. The lowest BCUT2D eigenvalue weighted by molar-refractivity contribution is 0.392. The zero-order chi connectivity index (χ0) is 13.2. The fourth-order valence-corrected chi connectivity index (χ4v) is 3.29. The number of hydrogen-bond acceptors (Lipinski definition) is 1. The Morgan fingerprint density at radius 2 is 1.65 bits per heavy atom. The molecule has 1 rings (SSSR count). The van der Waals surface area contributed by atoms with Gasteiger partial charge in [0.1, 0.15) is 5.75 Å². The second-order valence-electron chi connectivity index (χ2n) is 5.35. The highest BCUT2D eigenvalue weighted by atomic mass is 127. The molecule has 0 amide bonds. The first kappa shape index (κ1) is 14.8. The van der Waals surface area contributed by atoms with E-state index in [1.54, 1.807) is 7.11 Å². The van der Waals surface area contributed by atoms with Gasteiger partial charge in [-0.3, -0.25) is 0 Å². The van der Waals surface area contributed by atoms with Crippen LogP contribution in [0.5, 0.6) is 5.75 Å². The SMILES string of the molecule is CCc1c(I)cc(C(C)(C)C)c(OC)c1CC. The lowest BCUT2D eigenvalue weighted by Gasteiger charge is -2.26. The van der Waals surface area contributed by atoms with E-state index in [2.05, 4.69) is 63.3 Å². The van der Waals surface area contributed by atoms with Crippen LogP contribution in [0.2, 0.25) is 0 Å². The normalized spacial score (nSPS) is 11.7. The lowest BCUT2D eigenvalue weighted by Crippen LogP contribution is -2.15. The summed E-state index contributed by atoms with van der Waals surface area (Å²) in [4.78, 5) is 0. The third kappa shape index (κ3) is 2.95. The van der Waals surface area contributed by atoms with Gasteiger partial charge in [0.2, 0.25) is 0 Å². The Morgan fingerprint density at radius 1 is 1.12 bits per heavy atom. The maximum absolute atomic E-state index is 5.69. The van der Waals surface area contributed by atoms with E-state index >= 15 is 0 Å². The molecule has 0 aliphatic heterocycles. The van der Waals surface area contributed by atoms with Crippen molar-refractivity contribution in [2.75, 3.05) is 7.11 Å². The summed E-state index contributed by atoms with van der Waals surface area (Å²) in [5, 5.41) is 0. The molecule has 0 saturated heterocycles. The van der Waals surface area contributed by atoms with Gasteiger partial charge < -0.3 is 4.74 Å². The van der Waals surface area contributed by atoms with Crippen LogP contribution in [0.25, 0.3) is 0 Å². The quantitative estimate of drug-likeness (QED) is 0.720. The molecule has 0 aliphatic rings. The lowest BCUT2D eigenvalue weighted by atomic mass is 9.83. The fourth-order valence-electron chi connectivity index (χ4n) is 2.27. The smallest absolute Gasteiger partial charge is 0.126 e. The van der Waals surface area contributed by atoms with Crippen molar-refractivity contribution >= 4 is 22.6 Å². The molecule has 0 fully saturated rings. The molecule has 1 nitrogen and oxygen atoms in total. The van der Waals surface area contributed by atoms with Gasteiger partial charge >= 0.3 is 0 Å². The predicted molar refractivity (Wildman–Crippen MR) is 83.2 cm³/mol. The molecule has 17 heavy (non-hydrogen) atoms. The van der Waals surface area contributed by atoms with Crippen molar-refractivity contribution in [3.05, 3.63) is 26.3 Å². The van der Waals surface area contributed by atoms with E-state index in [-0.39, 0.29) is 5.41 Å². The van der Waals surface area contributed by atoms with Crippen LogP contribution in [0.15, 0.2) is 6.07 Å². The first-order valence-electron chi connectivity index (χ1n) is 6.25. The highest BCUT2D eigenvalue weighted by Gasteiger charge is 2.23. The number of rotatable bonds is 3. The summed E-state index contributed by atoms with van der Waals surface area (Å²) in [5.41, 5.74) is 4.27. The van der Waals surface area contributed by atoms with E-state index in [0.717, 1.165) is 18.6 Å². The summed E-state index contributed by atoms with van der Waals surface area (Å²) in [6.07, 6.45) is 2.11. The molecule has 0 unspecified atom stereocenters. The largest absolute Gasteiger partial charge is 0.496 e. The zero-order valence-electron chi connectivity index (χ0n) is 11.8. The van der Waals surface area contributed by atoms with Crippen LogP contribution in [0, 0.1) is 3.57 Å². The Morgan fingerprint density at radius 3 is 2.00 bits per heavy atom. The first-order valence-corrected chi connectivity index (χ1v) is 7.33. The van der Waals surface area contributed by atoms with E-state index in [0.29, 0.717) is 0 Å². The third-order valence-electron chi connectivity index (χ3n) is 3.16. The molecular formula is C15H23IO. The van der Waals surface area contributed by atoms with Gasteiger partial charge in [0.05, 0.1) is 7.11 Å². The minimum atomic E-state index is 0.126. The van der Waals surface area contributed by atoms with Gasteiger partial charge in [-0.15, -0.1) is 0 Å². The maximum atomic E-state index is 5.69. The Bertz CT molecular complexity index is 402. The predicted octanol–water partition coefficient (Wildman–Crippen LogP) is 4.72. The number of methoxy groups -OCH3 is 1. The molecule has 0 aromatic heterocycles. The molecule has 1 aromatic carbocycles. The number of benzene rings is 1. The summed E-state index contributed by atoms with van der Waals surface area (Å²) in [5.74, 6) is 1.09. The van der Waals surface area contributed by atoms with Gasteiger partial charge in [-0.05, 0) is 58.0 Å². The Balaban J connectivity index is 3.59. The van der Waals surface area contributed by atoms with Crippen molar-refractivity contribution in [1.82, 2.24) is 0 Å². The average molecular weight is 346 g/mol. The molecule has 0 atom stereocenters. The molecule has 0 spiro atoms. The Hall–Kier alpha value is -0.250. The van der Waals surface area contributed by atoms with Crippen molar-refractivity contribution in [3.8, 4) is 5.75 Å². The fraction of sp³-hybridized carbons (Fsp3) is 0.600. The van der Waals surface area contributed by atoms with Crippen molar-refractivity contribution in [3.63, 3.8) is 0 Å². The third-order valence-corrected chi connectivity index (χ3v) is 4.12. The van der Waals surface area contributed by atoms with Gasteiger partial charge in [0, 0.05) is 9.13 Å². The number of ether oxygens (including phenoxy) is 1. The molecule has 0 saturated carbocycles. The van der Waals surface area contributed by atoms with Crippen LogP contribution < -0.4 is 4.74 Å². The van der Waals surface area contributed by atoms with Crippen LogP contribution in [0.1, 0.15) is 51.3 Å². The van der Waals surface area contributed by atoms with E-state index in [1.807, 2.05) is 0 Å². The van der Waals surface area contributed by atoms with Crippen LogP contribution >= 0.6 is 22.6 Å². The second kappa shape index (κ2) is 5.59. The monoisotopic (exact) mass is 346 g/mol. The highest BCUT2D eigenvalue weighted by molar-refractivity contribution is 14.1. The van der Waals surface area contributed by atoms with Gasteiger partial charge in [-0.1, -0.05) is 34.6 Å². The molecule has 0 bridgehead atoms. The van der Waals surface area contributed by atoms with E-state index in [1.165, 1.54) is 20.3 Å². The topological polar surface area (TPSA) is 9.23 Å². The minimum Gasteiger partial charge on any atom is -0.496 e. The molecule has 0 heterocycles. The van der Waals surface area contributed by atoms with Crippen molar-refractivity contribution in [1.29, 1.82) is 0 Å². The second-order valence-corrected chi connectivity index (χ2v) is 6.52. The minimum absolute atomic E-state index is 0.126. The summed E-state index contributed by atoms with van der Waals surface area (Å²) >= 11 is 2.45. The molecule has 96 valence electrons. The van der Waals surface area contributed by atoms with Crippen LogP contribution in [-0.2, 0) is 18.3 Å². The van der Waals surface area contributed by atoms with Gasteiger partial charge in [0.25, 0.3) is 0 Å². The molecule has 2 heteroatoms. The van der Waals surface area contributed by atoms with E-state index in [9.17, 15) is 0 Å². The summed E-state index contributed by atoms with van der Waals surface area (Å²) in [6, 6.07) is 2.29. The first-order chi connectivity index (χ1) is 7.86. The van der Waals surface area contributed by atoms with Gasteiger partial charge in [-0.25, -0.2) is 0 Å². The van der Waals surface area contributed by atoms with Crippen LogP contribution in [0.4, 0.5) is 0 Å². The number of hydrogen-bond donors (Lipinski definition) is 0. The van der Waals surface area contributed by atoms with Crippen molar-refractivity contribution in [2.24, 2.45) is 0 Å². The molecule has 0 aliphatic carbocycles. The van der Waals surface area contributed by atoms with E-state index < -0.39 is 0 Å². The zero-order valence-corrected chi connectivity index (χ0v) is 13.9. The summed E-state index contributed by atoms with van der Waals surface area (Å²) in [6.45, 7) is 11.1.